The minimum atomic E-state index is -1.36. The Morgan fingerprint density at radius 2 is 2.07 bits per heavy atom. The number of hydrogen-bond acceptors (Lipinski definition) is 2. The van der Waals surface area contributed by atoms with E-state index in [0.717, 1.165) is 18.4 Å². The molecule has 1 aromatic carbocycles. The standard InChI is InChI=1S/C12H18FNO/c1-2-3-9-14-12(13)15-10-11-7-5-4-6-8-11/h4-8,12,14H,2-3,9-10H2,1H3. The first-order chi connectivity index (χ1) is 7.33. The fraction of sp³-hybridized carbons (Fsp3) is 0.500. The van der Waals surface area contributed by atoms with E-state index in [2.05, 4.69) is 12.2 Å². The highest BCUT2D eigenvalue weighted by Gasteiger charge is 2.04. The van der Waals surface area contributed by atoms with E-state index in [9.17, 15) is 4.39 Å². The lowest BCUT2D eigenvalue weighted by Gasteiger charge is -2.11. The molecule has 0 saturated carbocycles. The summed E-state index contributed by atoms with van der Waals surface area (Å²) in [5.41, 5.74) is 0.984. The Hall–Kier alpha value is -0.930. The van der Waals surface area contributed by atoms with Crippen molar-refractivity contribution >= 4 is 0 Å². The third-order valence-corrected chi connectivity index (χ3v) is 2.07. The van der Waals surface area contributed by atoms with Crippen molar-refractivity contribution < 1.29 is 9.13 Å². The molecule has 1 unspecified atom stereocenters. The van der Waals surface area contributed by atoms with Crippen molar-refractivity contribution in [2.24, 2.45) is 0 Å². The van der Waals surface area contributed by atoms with Crippen LogP contribution in [0.3, 0.4) is 0 Å². The summed E-state index contributed by atoms with van der Waals surface area (Å²) in [4.78, 5) is 0. The molecule has 0 fully saturated rings. The molecule has 0 spiro atoms. The molecular formula is C12H18FNO. The van der Waals surface area contributed by atoms with E-state index in [-0.39, 0.29) is 0 Å². The van der Waals surface area contributed by atoms with Gasteiger partial charge in [-0.1, -0.05) is 43.7 Å². The maximum absolute atomic E-state index is 13.1. The predicted octanol–water partition coefficient (Wildman–Crippen LogP) is 2.85. The lowest BCUT2D eigenvalue weighted by molar-refractivity contribution is -0.0709. The zero-order valence-electron chi connectivity index (χ0n) is 9.08. The van der Waals surface area contributed by atoms with Crippen LogP contribution in [-0.4, -0.2) is 13.0 Å². The van der Waals surface area contributed by atoms with Gasteiger partial charge in [-0.2, -0.15) is 4.39 Å². The molecule has 0 aliphatic rings. The molecule has 0 aliphatic heterocycles. The number of alkyl halides is 1. The fourth-order valence-electron chi connectivity index (χ4n) is 1.19. The Balaban J connectivity index is 2.14. The van der Waals surface area contributed by atoms with Crippen LogP contribution in [0, 0.1) is 0 Å². The van der Waals surface area contributed by atoms with Gasteiger partial charge in [-0.05, 0) is 12.0 Å². The van der Waals surface area contributed by atoms with Gasteiger partial charge in [-0.25, -0.2) is 0 Å². The zero-order valence-corrected chi connectivity index (χ0v) is 9.08. The van der Waals surface area contributed by atoms with Crippen molar-refractivity contribution in [1.82, 2.24) is 5.32 Å². The summed E-state index contributed by atoms with van der Waals surface area (Å²) in [5, 5.41) is 2.66. The van der Waals surface area contributed by atoms with Gasteiger partial charge in [0.25, 0.3) is 6.48 Å². The predicted molar refractivity (Wildman–Crippen MR) is 59.0 cm³/mol. The molecule has 2 nitrogen and oxygen atoms in total. The van der Waals surface area contributed by atoms with Crippen molar-refractivity contribution in [3.05, 3.63) is 35.9 Å². The third-order valence-electron chi connectivity index (χ3n) is 2.07. The number of ether oxygens (including phenoxy) is 1. The molecule has 0 heterocycles. The summed E-state index contributed by atoms with van der Waals surface area (Å²) in [7, 11) is 0. The quantitative estimate of drug-likeness (QED) is 0.425. The Morgan fingerprint density at radius 3 is 2.73 bits per heavy atom. The second kappa shape index (κ2) is 7.37. The fourth-order valence-corrected chi connectivity index (χ4v) is 1.19. The van der Waals surface area contributed by atoms with Gasteiger partial charge in [0.05, 0.1) is 6.61 Å². The molecule has 84 valence electrons. The van der Waals surface area contributed by atoms with E-state index in [0.29, 0.717) is 13.2 Å². The molecule has 1 N–H and O–H groups in total. The van der Waals surface area contributed by atoms with E-state index in [4.69, 9.17) is 4.74 Å². The minimum absolute atomic E-state index is 0.307. The monoisotopic (exact) mass is 211 g/mol. The molecule has 1 rings (SSSR count). The van der Waals surface area contributed by atoms with Crippen molar-refractivity contribution in [3.63, 3.8) is 0 Å². The van der Waals surface area contributed by atoms with Gasteiger partial charge in [0.15, 0.2) is 0 Å². The van der Waals surface area contributed by atoms with Gasteiger partial charge in [0, 0.05) is 6.54 Å². The van der Waals surface area contributed by atoms with Crippen molar-refractivity contribution in [2.45, 2.75) is 32.9 Å². The molecule has 0 amide bonds. The van der Waals surface area contributed by atoms with Crippen molar-refractivity contribution in [3.8, 4) is 0 Å². The average molecular weight is 211 g/mol. The smallest absolute Gasteiger partial charge is 0.255 e. The summed E-state index contributed by atoms with van der Waals surface area (Å²) < 4.78 is 18.1. The lowest BCUT2D eigenvalue weighted by Crippen LogP contribution is -2.28. The second-order valence-corrected chi connectivity index (χ2v) is 3.42. The number of unbranched alkanes of at least 4 members (excludes halogenated alkanes) is 1. The van der Waals surface area contributed by atoms with Crippen LogP contribution < -0.4 is 5.32 Å². The Kier molecular flexibility index (Phi) is 5.97. The molecule has 1 aromatic rings. The number of nitrogens with one attached hydrogen (secondary N) is 1. The highest BCUT2D eigenvalue weighted by Crippen LogP contribution is 2.02. The summed E-state index contributed by atoms with van der Waals surface area (Å²) in [6.07, 6.45) is 2.02. The minimum Gasteiger partial charge on any atom is -0.331 e. The van der Waals surface area contributed by atoms with E-state index in [1.807, 2.05) is 30.3 Å². The SMILES string of the molecule is CCCCNC(F)OCc1ccccc1. The first-order valence-electron chi connectivity index (χ1n) is 5.36. The Morgan fingerprint density at radius 1 is 1.33 bits per heavy atom. The van der Waals surface area contributed by atoms with Gasteiger partial charge in [0.2, 0.25) is 0 Å². The van der Waals surface area contributed by atoms with Crippen molar-refractivity contribution in [2.75, 3.05) is 6.54 Å². The van der Waals surface area contributed by atoms with Gasteiger partial charge in [-0.15, -0.1) is 0 Å². The Bertz CT molecular complexity index is 253. The first kappa shape index (κ1) is 12.1. The Labute approximate surface area is 90.4 Å². The molecule has 0 aromatic heterocycles. The first-order valence-corrected chi connectivity index (χ1v) is 5.36. The maximum Gasteiger partial charge on any atom is 0.255 e. The van der Waals surface area contributed by atoms with E-state index in [1.165, 1.54) is 0 Å². The maximum atomic E-state index is 13.1. The summed E-state index contributed by atoms with van der Waals surface area (Å²) in [6, 6.07) is 9.58. The highest BCUT2D eigenvalue weighted by molar-refractivity contribution is 5.13. The number of halogens is 1. The largest absolute Gasteiger partial charge is 0.331 e. The van der Waals surface area contributed by atoms with Crippen LogP contribution in [0.1, 0.15) is 25.3 Å². The van der Waals surface area contributed by atoms with E-state index >= 15 is 0 Å². The van der Waals surface area contributed by atoms with Crippen LogP contribution in [0.25, 0.3) is 0 Å². The van der Waals surface area contributed by atoms with E-state index in [1.54, 1.807) is 0 Å². The number of benzene rings is 1. The van der Waals surface area contributed by atoms with Gasteiger partial charge in [-0.3, -0.25) is 5.32 Å². The van der Waals surface area contributed by atoms with Crippen LogP contribution >= 0.6 is 0 Å². The summed E-state index contributed by atoms with van der Waals surface area (Å²) in [6.45, 7) is 1.67. The molecule has 1 atom stereocenters. The molecule has 0 radical (unpaired) electrons. The molecule has 0 saturated heterocycles. The second-order valence-electron chi connectivity index (χ2n) is 3.42. The van der Waals surface area contributed by atoms with Crippen LogP contribution in [0.4, 0.5) is 4.39 Å². The number of rotatable bonds is 7. The molecular weight excluding hydrogens is 193 g/mol. The average Bonchev–Trinajstić information content (AvgIpc) is 2.28. The van der Waals surface area contributed by atoms with Crippen molar-refractivity contribution in [1.29, 1.82) is 0 Å². The summed E-state index contributed by atoms with van der Waals surface area (Å²) in [5.74, 6) is 0. The van der Waals surface area contributed by atoms with Crippen LogP contribution in [-0.2, 0) is 11.3 Å². The highest BCUT2D eigenvalue weighted by atomic mass is 19.1. The van der Waals surface area contributed by atoms with Gasteiger partial charge < -0.3 is 4.74 Å². The van der Waals surface area contributed by atoms with Crippen LogP contribution in [0.15, 0.2) is 30.3 Å². The summed E-state index contributed by atoms with van der Waals surface area (Å²) >= 11 is 0. The van der Waals surface area contributed by atoms with Gasteiger partial charge in [0.1, 0.15) is 0 Å². The lowest BCUT2D eigenvalue weighted by atomic mass is 10.2. The van der Waals surface area contributed by atoms with Gasteiger partial charge >= 0.3 is 0 Å². The molecule has 0 aliphatic carbocycles. The number of hydrogen-bond donors (Lipinski definition) is 1. The molecule has 3 heteroatoms. The van der Waals surface area contributed by atoms with E-state index < -0.39 is 6.48 Å². The normalized spacial score (nSPS) is 12.7. The van der Waals surface area contributed by atoms with Crippen LogP contribution in [0.2, 0.25) is 0 Å². The molecule has 15 heavy (non-hydrogen) atoms. The topological polar surface area (TPSA) is 21.3 Å². The third kappa shape index (κ3) is 5.50. The zero-order chi connectivity index (χ0) is 10.9. The molecule has 0 bridgehead atoms. The van der Waals surface area contributed by atoms with Crippen LogP contribution in [0.5, 0.6) is 0 Å².